The predicted molar refractivity (Wildman–Crippen MR) is 62.3 cm³/mol. The number of aromatic hydroxyl groups is 1. The van der Waals surface area contributed by atoms with Gasteiger partial charge in [0.2, 0.25) is 0 Å². The second-order valence-corrected chi connectivity index (χ2v) is 4.25. The Labute approximate surface area is 92.1 Å². The molecule has 3 nitrogen and oxygen atoms in total. The molecule has 1 N–H and O–H groups in total. The van der Waals surface area contributed by atoms with Gasteiger partial charge in [-0.25, -0.2) is 0 Å². The molecule has 0 saturated carbocycles. The van der Waals surface area contributed by atoms with Crippen LogP contribution in [0.2, 0.25) is 0 Å². The van der Waals surface area contributed by atoms with E-state index in [-0.39, 0.29) is 0 Å². The van der Waals surface area contributed by atoms with Crippen LogP contribution in [0.1, 0.15) is 57.8 Å². The summed E-state index contributed by atoms with van der Waals surface area (Å²) in [4.78, 5) is 0. The molecular weight excluding hydrogens is 188 g/mol. The summed E-state index contributed by atoms with van der Waals surface area (Å²) in [5.41, 5.74) is 1.84. The van der Waals surface area contributed by atoms with Gasteiger partial charge in [-0.3, -0.25) is 4.68 Å². The lowest BCUT2D eigenvalue weighted by Gasteiger charge is -2.07. The first-order valence-electron chi connectivity index (χ1n) is 5.90. The molecule has 0 aliphatic heterocycles. The zero-order chi connectivity index (χ0) is 11.4. The number of nitrogens with zero attached hydrogens (tertiary/aromatic N) is 2. The van der Waals surface area contributed by atoms with Crippen LogP contribution in [0, 0.1) is 0 Å². The fourth-order valence-corrected chi connectivity index (χ4v) is 1.84. The maximum Gasteiger partial charge on any atom is 0.160 e. The summed E-state index contributed by atoms with van der Waals surface area (Å²) in [5.74, 6) is 0.744. The first kappa shape index (κ1) is 12.1. The molecule has 1 rings (SSSR count). The predicted octanol–water partition coefficient (Wildman–Crippen LogP) is 3.07. The number of hydrogen-bond donors (Lipinski definition) is 1. The Morgan fingerprint density at radius 2 is 2.00 bits per heavy atom. The van der Waals surface area contributed by atoms with Crippen LogP contribution in [0.4, 0.5) is 0 Å². The molecule has 15 heavy (non-hydrogen) atoms. The Balaban J connectivity index is 2.99. The van der Waals surface area contributed by atoms with Gasteiger partial charge in [0.1, 0.15) is 5.69 Å². The summed E-state index contributed by atoms with van der Waals surface area (Å²) in [5, 5.41) is 14.5. The monoisotopic (exact) mass is 210 g/mol. The van der Waals surface area contributed by atoms with Crippen molar-refractivity contribution in [3.63, 3.8) is 0 Å². The summed E-state index contributed by atoms with van der Waals surface area (Å²) >= 11 is 0. The van der Waals surface area contributed by atoms with E-state index in [9.17, 15) is 5.11 Å². The quantitative estimate of drug-likeness (QED) is 0.811. The number of aromatic nitrogens is 2. The molecule has 0 fully saturated rings. The van der Waals surface area contributed by atoms with Crippen LogP contribution >= 0.6 is 0 Å². The largest absolute Gasteiger partial charge is 0.504 e. The summed E-state index contributed by atoms with van der Waals surface area (Å²) < 4.78 is 1.92. The second kappa shape index (κ2) is 5.19. The van der Waals surface area contributed by atoms with E-state index in [0.717, 1.165) is 37.2 Å². The van der Waals surface area contributed by atoms with Crippen molar-refractivity contribution in [3.8, 4) is 5.75 Å². The van der Waals surface area contributed by atoms with Crippen molar-refractivity contribution in [1.82, 2.24) is 9.78 Å². The molecule has 0 aliphatic carbocycles. The van der Waals surface area contributed by atoms with E-state index < -0.39 is 0 Å². The number of aryl methyl sites for hydroxylation is 2. The Kier molecular flexibility index (Phi) is 4.18. The van der Waals surface area contributed by atoms with Crippen molar-refractivity contribution < 1.29 is 5.11 Å². The van der Waals surface area contributed by atoms with Gasteiger partial charge >= 0.3 is 0 Å². The van der Waals surface area contributed by atoms with Gasteiger partial charge in [-0.1, -0.05) is 27.2 Å². The zero-order valence-electron chi connectivity index (χ0n) is 10.2. The van der Waals surface area contributed by atoms with Crippen LogP contribution in [0.15, 0.2) is 0 Å². The van der Waals surface area contributed by atoms with Crippen LogP contribution in [0.3, 0.4) is 0 Å². The maximum atomic E-state index is 10.1. The Morgan fingerprint density at radius 1 is 1.33 bits per heavy atom. The third-order valence-electron chi connectivity index (χ3n) is 2.65. The highest BCUT2D eigenvalue weighted by molar-refractivity contribution is 5.34. The zero-order valence-corrected chi connectivity index (χ0v) is 10.2. The first-order chi connectivity index (χ1) is 7.11. The first-order valence-corrected chi connectivity index (χ1v) is 5.90. The molecule has 0 bridgehead atoms. The topological polar surface area (TPSA) is 38.0 Å². The van der Waals surface area contributed by atoms with Gasteiger partial charge in [0.05, 0.1) is 5.69 Å². The highest BCUT2D eigenvalue weighted by Crippen LogP contribution is 2.29. The minimum atomic E-state index is 0.327. The van der Waals surface area contributed by atoms with Crippen molar-refractivity contribution in [2.75, 3.05) is 0 Å². The average molecular weight is 210 g/mol. The lowest BCUT2D eigenvalue weighted by atomic mass is 10.1. The second-order valence-electron chi connectivity index (χ2n) is 4.25. The van der Waals surface area contributed by atoms with E-state index in [1.54, 1.807) is 0 Å². The van der Waals surface area contributed by atoms with E-state index in [1.165, 1.54) is 0 Å². The van der Waals surface area contributed by atoms with Crippen molar-refractivity contribution in [1.29, 1.82) is 0 Å². The smallest absolute Gasteiger partial charge is 0.160 e. The third-order valence-corrected chi connectivity index (χ3v) is 2.65. The molecule has 3 heteroatoms. The van der Waals surface area contributed by atoms with Crippen LogP contribution < -0.4 is 0 Å². The normalized spacial score (nSPS) is 11.3. The molecule has 1 heterocycles. The summed E-state index contributed by atoms with van der Waals surface area (Å²) in [7, 11) is 0. The van der Waals surface area contributed by atoms with Gasteiger partial charge in [-0.15, -0.1) is 0 Å². The summed E-state index contributed by atoms with van der Waals surface area (Å²) in [6, 6.07) is 0. The van der Waals surface area contributed by atoms with Crippen LogP contribution in [0.5, 0.6) is 5.75 Å². The summed E-state index contributed by atoms with van der Waals surface area (Å²) in [6.07, 6.45) is 3.11. The van der Waals surface area contributed by atoms with Crippen molar-refractivity contribution >= 4 is 0 Å². The van der Waals surface area contributed by atoms with Gasteiger partial charge in [0.15, 0.2) is 5.75 Å². The number of rotatable bonds is 5. The molecule has 1 aromatic heterocycles. The molecule has 0 aliphatic rings. The molecule has 0 aromatic carbocycles. The van der Waals surface area contributed by atoms with Gasteiger partial charge in [-0.05, 0) is 25.7 Å². The average Bonchev–Trinajstić information content (AvgIpc) is 2.52. The van der Waals surface area contributed by atoms with Gasteiger partial charge in [0.25, 0.3) is 0 Å². The highest BCUT2D eigenvalue weighted by atomic mass is 16.3. The number of hydrogen-bond acceptors (Lipinski definition) is 2. The van der Waals surface area contributed by atoms with E-state index in [0.29, 0.717) is 11.7 Å². The molecule has 0 amide bonds. The molecule has 0 atom stereocenters. The Morgan fingerprint density at radius 3 is 2.40 bits per heavy atom. The standard InChI is InChI=1S/C12H22N2O/c1-5-7-8-10-12(15)11(9(3)4)14(6-2)13-10/h9,15H,5-8H2,1-4H3. The molecule has 0 radical (unpaired) electrons. The molecule has 0 unspecified atom stereocenters. The van der Waals surface area contributed by atoms with Gasteiger partial charge in [0, 0.05) is 6.54 Å². The van der Waals surface area contributed by atoms with E-state index in [2.05, 4.69) is 32.8 Å². The molecular formula is C12H22N2O. The van der Waals surface area contributed by atoms with Crippen molar-refractivity contribution in [2.24, 2.45) is 0 Å². The Hall–Kier alpha value is -0.990. The Bertz CT molecular complexity index is 316. The van der Waals surface area contributed by atoms with Crippen LogP contribution in [-0.4, -0.2) is 14.9 Å². The lowest BCUT2D eigenvalue weighted by molar-refractivity contribution is 0.453. The highest BCUT2D eigenvalue weighted by Gasteiger charge is 2.18. The van der Waals surface area contributed by atoms with Gasteiger partial charge in [-0.2, -0.15) is 5.10 Å². The van der Waals surface area contributed by atoms with Crippen LogP contribution in [-0.2, 0) is 13.0 Å². The molecule has 0 saturated heterocycles. The minimum absolute atomic E-state index is 0.327. The van der Waals surface area contributed by atoms with Gasteiger partial charge < -0.3 is 5.11 Å². The van der Waals surface area contributed by atoms with Crippen molar-refractivity contribution in [2.45, 2.75) is 59.4 Å². The lowest BCUT2D eigenvalue weighted by Crippen LogP contribution is -2.04. The van der Waals surface area contributed by atoms with Crippen LogP contribution in [0.25, 0.3) is 0 Å². The van der Waals surface area contributed by atoms with E-state index >= 15 is 0 Å². The summed E-state index contributed by atoms with van der Waals surface area (Å²) in [6.45, 7) is 9.21. The van der Waals surface area contributed by atoms with E-state index in [4.69, 9.17) is 0 Å². The molecule has 1 aromatic rings. The maximum absolute atomic E-state index is 10.1. The minimum Gasteiger partial charge on any atom is -0.504 e. The van der Waals surface area contributed by atoms with Crippen molar-refractivity contribution in [3.05, 3.63) is 11.4 Å². The number of unbranched alkanes of at least 4 members (excludes halogenated alkanes) is 1. The third kappa shape index (κ3) is 2.52. The fraction of sp³-hybridized carbons (Fsp3) is 0.750. The SMILES string of the molecule is CCCCc1nn(CC)c(C(C)C)c1O. The molecule has 86 valence electrons. The van der Waals surface area contributed by atoms with E-state index in [1.807, 2.05) is 4.68 Å². The molecule has 0 spiro atoms. The fourth-order valence-electron chi connectivity index (χ4n) is 1.84.